The number of fused-ring (bicyclic) bond motifs is 9. The monoisotopic (exact) mass is 589 g/mol. The lowest BCUT2D eigenvalue weighted by Gasteiger charge is -2.16. The summed E-state index contributed by atoms with van der Waals surface area (Å²) in [5.41, 5.74) is 11.9. The van der Waals surface area contributed by atoms with Gasteiger partial charge >= 0.3 is 0 Å². The first-order valence-corrected chi connectivity index (χ1v) is 15.4. The Morgan fingerprint density at radius 1 is 0.457 bits per heavy atom. The molecule has 0 amide bonds. The highest BCUT2D eigenvalue weighted by Crippen LogP contribution is 2.43. The van der Waals surface area contributed by atoms with Crippen LogP contribution in [0.2, 0.25) is 0 Å². The quantitative estimate of drug-likeness (QED) is 0.201. The Bertz CT molecular complexity index is 2460. The molecular formula is C42H27N3O. The zero-order valence-corrected chi connectivity index (χ0v) is 24.8. The fourth-order valence-corrected chi connectivity index (χ4v) is 6.60. The summed E-state index contributed by atoms with van der Waals surface area (Å²) in [5, 5.41) is 1.09. The zero-order valence-electron chi connectivity index (χ0n) is 24.8. The van der Waals surface area contributed by atoms with E-state index in [4.69, 9.17) is 9.72 Å². The molecule has 5 aromatic carbocycles. The molecule has 4 heterocycles. The molecule has 9 rings (SSSR count). The Hall–Kier alpha value is -6.26. The van der Waals surface area contributed by atoms with Gasteiger partial charge in [-0.2, -0.15) is 0 Å². The predicted octanol–water partition coefficient (Wildman–Crippen LogP) is 10.9. The Balaban J connectivity index is 1.24. The van der Waals surface area contributed by atoms with E-state index in [0.29, 0.717) is 0 Å². The van der Waals surface area contributed by atoms with Gasteiger partial charge in [-0.25, -0.2) is 4.98 Å². The van der Waals surface area contributed by atoms with Crippen LogP contribution in [-0.4, -0.2) is 14.5 Å². The minimum atomic E-state index is 0.819. The Kier molecular flexibility index (Phi) is 6.10. The van der Waals surface area contributed by atoms with E-state index in [1.165, 1.54) is 0 Å². The second-order valence-electron chi connectivity index (χ2n) is 11.4. The van der Waals surface area contributed by atoms with E-state index in [9.17, 15) is 0 Å². The largest absolute Gasteiger partial charge is 0.456 e. The predicted molar refractivity (Wildman–Crippen MR) is 188 cm³/mol. The molecule has 0 atom stereocenters. The highest BCUT2D eigenvalue weighted by atomic mass is 16.5. The zero-order chi connectivity index (χ0) is 30.5. The minimum absolute atomic E-state index is 0.819. The number of para-hydroxylation sites is 2. The molecule has 0 saturated heterocycles. The van der Waals surface area contributed by atoms with Crippen LogP contribution >= 0.6 is 0 Å². The number of aromatic nitrogens is 3. The van der Waals surface area contributed by atoms with Crippen LogP contribution in [0.4, 0.5) is 0 Å². The first-order valence-electron chi connectivity index (χ1n) is 15.4. The van der Waals surface area contributed by atoms with Crippen molar-refractivity contribution in [2.24, 2.45) is 0 Å². The maximum Gasteiger partial charge on any atom is 0.137 e. The summed E-state index contributed by atoms with van der Waals surface area (Å²) in [6, 6.07) is 48.5. The molecule has 216 valence electrons. The van der Waals surface area contributed by atoms with Crippen molar-refractivity contribution in [2.75, 3.05) is 0 Å². The summed E-state index contributed by atoms with van der Waals surface area (Å²) in [5.74, 6) is 2.52. The van der Waals surface area contributed by atoms with E-state index in [-0.39, 0.29) is 0 Å². The molecule has 3 aromatic heterocycles. The van der Waals surface area contributed by atoms with E-state index in [2.05, 4.69) is 119 Å². The summed E-state index contributed by atoms with van der Waals surface area (Å²) in [4.78, 5) is 9.46. The van der Waals surface area contributed by atoms with Gasteiger partial charge in [0.2, 0.25) is 0 Å². The molecule has 8 aromatic rings. The maximum atomic E-state index is 6.74. The Labute approximate surface area is 266 Å². The number of hydrogen-bond acceptors (Lipinski definition) is 3. The van der Waals surface area contributed by atoms with Crippen LogP contribution in [0.15, 0.2) is 152 Å². The highest BCUT2D eigenvalue weighted by molar-refractivity contribution is 6.08. The van der Waals surface area contributed by atoms with E-state index in [0.717, 1.165) is 83.8 Å². The molecular weight excluding hydrogens is 562 g/mol. The van der Waals surface area contributed by atoms with Crippen LogP contribution in [0, 0.1) is 0 Å². The van der Waals surface area contributed by atoms with E-state index in [1.807, 2.05) is 54.9 Å². The van der Waals surface area contributed by atoms with Crippen molar-refractivity contribution in [2.45, 2.75) is 0 Å². The SMILES string of the molecule is C1=C\c2ccc(-c3ccc4c(c3)c3ncccc3n4-c3ccccn3)cc2-c2ccccc2Oc2ccccc2-c2ccccc2/1. The molecule has 0 bridgehead atoms. The lowest BCUT2D eigenvalue weighted by molar-refractivity contribution is 0.486. The number of rotatable bonds is 2. The van der Waals surface area contributed by atoms with Crippen molar-refractivity contribution < 1.29 is 4.74 Å². The van der Waals surface area contributed by atoms with Gasteiger partial charge < -0.3 is 4.74 Å². The van der Waals surface area contributed by atoms with Gasteiger partial charge in [-0.05, 0) is 88.0 Å². The van der Waals surface area contributed by atoms with Crippen LogP contribution in [-0.2, 0) is 0 Å². The van der Waals surface area contributed by atoms with Crippen molar-refractivity contribution in [1.82, 2.24) is 14.5 Å². The molecule has 0 saturated carbocycles. The molecule has 1 aliphatic heterocycles. The number of hydrogen-bond donors (Lipinski definition) is 0. The first-order chi connectivity index (χ1) is 22.8. The number of ether oxygens (including phenoxy) is 1. The standard InChI is InChI=1S/C42H27N3O/c1-2-11-32-28(10-1)18-19-29-20-21-30(26-35(29)34-13-4-6-16-40(34)46-39-15-5-3-12-33(32)39)31-22-23-37-36(27-31)42-38(14-9-25-44-42)45(37)41-17-7-8-24-43-41/h1-27H/b19-18-. The topological polar surface area (TPSA) is 39.9 Å². The summed E-state index contributed by atoms with van der Waals surface area (Å²) in [6.07, 6.45) is 8.12. The van der Waals surface area contributed by atoms with Gasteiger partial charge in [0.15, 0.2) is 0 Å². The van der Waals surface area contributed by atoms with E-state index < -0.39 is 0 Å². The second kappa shape index (κ2) is 10.7. The average molecular weight is 590 g/mol. The van der Waals surface area contributed by atoms with Crippen LogP contribution < -0.4 is 4.74 Å². The van der Waals surface area contributed by atoms with Crippen molar-refractivity contribution >= 4 is 34.1 Å². The number of pyridine rings is 2. The lowest BCUT2D eigenvalue weighted by atomic mass is 9.93. The third-order valence-electron chi connectivity index (χ3n) is 8.76. The maximum absolute atomic E-state index is 6.74. The Morgan fingerprint density at radius 3 is 1.91 bits per heavy atom. The van der Waals surface area contributed by atoms with Gasteiger partial charge in [0.05, 0.1) is 16.6 Å². The van der Waals surface area contributed by atoms with Crippen LogP contribution in [0.3, 0.4) is 0 Å². The summed E-state index contributed by atoms with van der Waals surface area (Å²) >= 11 is 0. The lowest BCUT2D eigenvalue weighted by Crippen LogP contribution is -1.96. The summed E-state index contributed by atoms with van der Waals surface area (Å²) in [7, 11) is 0. The van der Waals surface area contributed by atoms with Crippen molar-refractivity contribution in [3.05, 3.63) is 163 Å². The van der Waals surface area contributed by atoms with Gasteiger partial charge in [-0.1, -0.05) is 97.1 Å². The molecule has 0 fully saturated rings. The fraction of sp³-hybridized carbons (Fsp3) is 0. The van der Waals surface area contributed by atoms with Crippen molar-refractivity contribution in [3.63, 3.8) is 0 Å². The molecule has 1 aliphatic rings. The van der Waals surface area contributed by atoms with Gasteiger partial charge in [0.1, 0.15) is 17.3 Å². The highest BCUT2D eigenvalue weighted by Gasteiger charge is 2.18. The molecule has 0 N–H and O–H groups in total. The number of benzene rings is 5. The van der Waals surface area contributed by atoms with Crippen molar-refractivity contribution in [1.29, 1.82) is 0 Å². The summed E-state index contributed by atoms with van der Waals surface area (Å²) in [6.45, 7) is 0. The molecule has 0 unspecified atom stereocenters. The molecule has 0 radical (unpaired) electrons. The third kappa shape index (κ3) is 4.31. The summed E-state index contributed by atoms with van der Waals surface area (Å²) < 4.78 is 8.92. The van der Waals surface area contributed by atoms with Crippen LogP contribution in [0.5, 0.6) is 11.5 Å². The van der Waals surface area contributed by atoms with Gasteiger partial charge in [-0.15, -0.1) is 0 Å². The third-order valence-corrected chi connectivity index (χ3v) is 8.76. The minimum Gasteiger partial charge on any atom is -0.456 e. The van der Waals surface area contributed by atoms with E-state index >= 15 is 0 Å². The smallest absolute Gasteiger partial charge is 0.137 e. The first kappa shape index (κ1) is 26.2. The molecule has 4 heteroatoms. The normalized spacial score (nSPS) is 12.7. The Morgan fingerprint density at radius 2 is 1.11 bits per heavy atom. The average Bonchev–Trinajstić information content (AvgIpc) is 3.44. The molecule has 0 spiro atoms. The van der Waals surface area contributed by atoms with Crippen LogP contribution in [0.25, 0.3) is 73.3 Å². The van der Waals surface area contributed by atoms with Gasteiger partial charge in [-0.3, -0.25) is 9.55 Å². The number of nitrogens with zero attached hydrogens (tertiary/aromatic N) is 3. The molecule has 46 heavy (non-hydrogen) atoms. The van der Waals surface area contributed by atoms with Gasteiger partial charge in [0.25, 0.3) is 0 Å². The molecule has 0 aliphatic carbocycles. The fourth-order valence-electron chi connectivity index (χ4n) is 6.60. The second-order valence-corrected chi connectivity index (χ2v) is 11.4. The van der Waals surface area contributed by atoms with Crippen LogP contribution in [0.1, 0.15) is 11.1 Å². The van der Waals surface area contributed by atoms with Crippen molar-refractivity contribution in [3.8, 4) is 50.7 Å². The van der Waals surface area contributed by atoms with E-state index in [1.54, 1.807) is 0 Å². The van der Waals surface area contributed by atoms with Gasteiger partial charge in [0, 0.05) is 28.9 Å². The molecule has 4 nitrogen and oxygen atoms in total.